The number of hydrogen-bond donors (Lipinski definition) is 0. The Hall–Kier alpha value is -1.58. The summed E-state index contributed by atoms with van der Waals surface area (Å²) in [5.74, 6) is 1.01. The largest absolute Gasteiger partial charge is 0.358 e. The molecule has 2 heterocycles. The molecule has 0 saturated heterocycles. The minimum absolute atomic E-state index is 1.01. The van der Waals surface area contributed by atoms with Gasteiger partial charge >= 0.3 is 0 Å². The van der Waals surface area contributed by atoms with Gasteiger partial charge in [-0.1, -0.05) is 13.3 Å². The van der Waals surface area contributed by atoms with E-state index in [1.165, 1.54) is 12.8 Å². The molecule has 16 heavy (non-hydrogen) atoms. The van der Waals surface area contributed by atoms with E-state index in [9.17, 15) is 0 Å². The first-order valence-corrected chi connectivity index (χ1v) is 5.74. The molecule has 0 atom stereocenters. The van der Waals surface area contributed by atoms with Crippen LogP contribution in [-0.4, -0.2) is 28.2 Å². The van der Waals surface area contributed by atoms with Gasteiger partial charge in [0.25, 0.3) is 0 Å². The lowest BCUT2D eigenvalue weighted by Crippen LogP contribution is -2.20. The van der Waals surface area contributed by atoms with Gasteiger partial charge in [-0.2, -0.15) is 5.10 Å². The van der Waals surface area contributed by atoms with Gasteiger partial charge in [-0.3, -0.25) is 0 Å². The lowest BCUT2D eigenvalue weighted by molar-refractivity contribution is 0.758. The lowest BCUT2D eigenvalue weighted by Gasteiger charge is -2.18. The van der Waals surface area contributed by atoms with Gasteiger partial charge in [-0.15, -0.1) is 0 Å². The molecule has 0 radical (unpaired) electrons. The smallest absolute Gasteiger partial charge is 0.154 e. The third-order valence-corrected chi connectivity index (χ3v) is 2.70. The predicted octanol–water partition coefficient (Wildman–Crippen LogP) is 2.27. The average Bonchev–Trinajstić information content (AvgIpc) is 2.65. The fourth-order valence-electron chi connectivity index (χ4n) is 1.83. The standard InChI is InChI=1S/C12H18N4/c1-4-5-7-15(3)12-11-9-10(2)14-16(11)8-6-13-12/h6,8-9H,4-5,7H2,1-3H3. The molecule has 2 aromatic rings. The molecule has 0 saturated carbocycles. The zero-order valence-electron chi connectivity index (χ0n) is 10.1. The summed E-state index contributed by atoms with van der Waals surface area (Å²) < 4.78 is 1.89. The monoisotopic (exact) mass is 218 g/mol. The molecule has 0 amide bonds. The Balaban J connectivity index is 2.35. The van der Waals surface area contributed by atoms with E-state index in [2.05, 4.69) is 35.0 Å². The van der Waals surface area contributed by atoms with Gasteiger partial charge in [0.2, 0.25) is 0 Å². The van der Waals surface area contributed by atoms with Gasteiger partial charge in [-0.05, 0) is 19.4 Å². The van der Waals surface area contributed by atoms with Gasteiger partial charge in [0.15, 0.2) is 5.82 Å². The molecular weight excluding hydrogens is 200 g/mol. The number of fused-ring (bicyclic) bond motifs is 1. The van der Waals surface area contributed by atoms with Crippen LogP contribution < -0.4 is 4.90 Å². The molecule has 2 rings (SSSR count). The molecule has 0 aliphatic carbocycles. The van der Waals surface area contributed by atoms with Crippen molar-refractivity contribution >= 4 is 11.3 Å². The Morgan fingerprint density at radius 2 is 2.25 bits per heavy atom. The highest BCUT2D eigenvalue weighted by molar-refractivity contribution is 5.68. The topological polar surface area (TPSA) is 33.4 Å². The van der Waals surface area contributed by atoms with Crippen molar-refractivity contribution in [3.05, 3.63) is 24.2 Å². The predicted molar refractivity (Wildman–Crippen MR) is 65.9 cm³/mol. The number of aryl methyl sites for hydroxylation is 1. The van der Waals surface area contributed by atoms with E-state index in [1.54, 1.807) is 6.20 Å². The zero-order valence-corrected chi connectivity index (χ0v) is 10.1. The molecule has 86 valence electrons. The van der Waals surface area contributed by atoms with Crippen LogP contribution in [0.15, 0.2) is 18.5 Å². The van der Waals surface area contributed by atoms with Crippen LogP contribution in [0.25, 0.3) is 5.52 Å². The quantitative estimate of drug-likeness (QED) is 0.789. The first kappa shape index (κ1) is 10.9. The maximum Gasteiger partial charge on any atom is 0.154 e. The van der Waals surface area contributed by atoms with E-state index in [-0.39, 0.29) is 0 Å². The normalized spacial score (nSPS) is 10.9. The first-order chi connectivity index (χ1) is 7.72. The summed E-state index contributed by atoms with van der Waals surface area (Å²) in [7, 11) is 2.08. The van der Waals surface area contributed by atoms with Crippen molar-refractivity contribution in [2.75, 3.05) is 18.5 Å². The SMILES string of the molecule is CCCCN(C)c1nccn2nc(C)cc12. The minimum atomic E-state index is 1.01. The van der Waals surface area contributed by atoms with Crippen LogP contribution in [-0.2, 0) is 0 Å². The fraction of sp³-hybridized carbons (Fsp3) is 0.500. The summed E-state index contributed by atoms with van der Waals surface area (Å²) >= 11 is 0. The van der Waals surface area contributed by atoms with E-state index in [0.717, 1.165) is 23.6 Å². The molecule has 0 aliphatic rings. The second-order valence-corrected chi connectivity index (χ2v) is 4.14. The van der Waals surface area contributed by atoms with Crippen LogP contribution in [0.5, 0.6) is 0 Å². The summed E-state index contributed by atoms with van der Waals surface area (Å²) in [5.41, 5.74) is 2.11. The summed E-state index contributed by atoms with van der Waals surface area (Å²) in [6, 6.07) is 2.07. The van der Waals surface area contributed by atoms with Crippen molar-refractivity contribution < 1.29 is 0 Å². The number of anilines is 1. The first-order valence-electron chi connectivity index (χ1n) is 5.74. The van der Waals surface area contributed by atoms with E-state index in [4.69, 9.17) is 0 Å². The second kappa shape index (κ2) is 4.51. The van der Waals surface area contributed by atoms with E-state index in [1.807, 2.05) is 17.6 Å². The van der Waals surface area contributed by atoms with Gasteiger partial charge < -0.3 is 4.90 Å². The second-order valence-electron chi connectivity index (χ2n) is 4.14. The molecule has 0 spiro atoms. The number of rotatable bonds is 4. The molecule has 4 nitrogen and oxygen atoms in total. The van der Waals surface area contributed by atoms with Crippen molar-refractivity contribution in [2.45, 2.75) is 26.7 Å². The molecule has 0 aromatic carbocycles. The molecule has 0 aliphatic heterocycles. The molecule has 0 unspecified atom stereocenters. The van der Waals surface area contributed by atoms with Gasteiger partial charge in [0.05, 0.1) is 5.69 Å². The highest BCUT2D eigenvalue weighted by Crippen LogP contribution is 2.18. The molecule has 4 heteroatoms. The molecular formula is C12H18N4. The zero-order chi connectivity index (χ0) is 11.5. The summed E-state index contributed by atoms with van der Waals surface area (Å²) in [4.78, 5) is 6.63. The van der Waals surface area contributed by atoms with E-state index >= 15 is 0 Å². The van der Waals surface area contributed by atoms with Gasteiger partial charge in [-0.25, -0.2) is 9.50 Å². The van der Waals surface area contributed by atoms with Gasteiger partial charge in [0.1, 0.15) is 5.52 Å². The van der Waals surface area contributed by atoms with Crippen LogP contribution >= 0.6 is 0 Å². The highest BCUT2D eigenvalue weighted by atomic mass is 15.3. The third-order valence-electron chi connectivity index (χ3n) is 2.70. The summed E-state index contributed by atoms with van der Waals surface area (Å²) in [6.07, 6.45) is 6.08. The Morgan fingerprint density at radius 3 is 3.00 bits per heavy atom. The van der Waals surface area contributed by atoms with Crippen LogP contribution in [0.2, 0.25) is 0 Å². The molecule has 2 aromatic heterocycles. The van der Waals surface area contributed by atoms with E-state index < -0.39 is 0 Å². The highest BCUT2D eigenvalue weighted by Gasteiger charge is 2.08. The van der Waals surface area contributed by atoms with E-state index in [0.29, 0.717) is 0 Å². The number of unbranched alkanes of at least 4 members (excludes halogenated alkanes) is 1. The maximum atomic E-state index is 4.44. The van der Waals surface area contributed by atoms with Crippen molar-refractivity contribution in [1.29, 1.82) is 0 Å². The lowest BCUT2D eigenvalue weighted by atomic mass is 10.3. The molecule has 0 N–H and O–H groups in total. The van der Waals surface area contributed by atoms with Crippen LogP contribution in [0.4, 0.5) is 5.82 Å². The van der Waals surface area contributed by atoms with Crippen molar-refractivity contribution in [3.63, 3.8) is 0 Å². The summed E-state index contributed by atoms with van der Waals surface area (Å²) in [6.45, 7) is 5.24. The van der Waals surface area contributed by atoms with Gasteiger partial charge in [0, 0.05) is 26.0 Å². The Labute approximate surface area is 95.9 Å². The van der Waals surface area contributed by atoms with Crippen molar-refractivity contribution in [2.24, 2.45) is 0 Å². The minimum Gasteiger partial charge on any atom is -0.358 e. The third kappa shape index (κ3) is 2.01. The number of aromatic nitrogens is 3. The summed E-state index contributed by atoms with van der Waals surface area (Å²) in [5, 5.41) is 4.39. The van der Waals surface area contributed by atoms with Crippen LogP contribution in [0.3, 0.4) is 0 Å². The van der Waals surface area contributed by atoms with Crippen LogP contribution in [0.1, 0.15) is 25.5 Å². The number of hydrogen-bond acceptors (Lipinski definition) is 3. The molecule has 0 fully saturated rings. The molecule has 0 bridgehead atoms. The van der Waals surface area contributed by atoms with Crippen molar-refractivity contribution in [1.82, 2.24) is 14.6 Å². The Kier molecular flexibility index (Phi) is 3.08. The Bertz CT molecular complexity index is 475. The maximum absolute atomic E-state index is 4.44. The average molecular weight is 218 g/mol. The Morgan fingerprint density at radius 1 is 1.44 bits per heavy atom. The number of nitrogens with zero attached hydrogens (tertiary/aromatic N) is 4. The van der Waals surface area contributed by atoms with Crippen LogP contribution in [0, 0.1) is 6.92 Å². The fourth-order valence-corrected chi connectivity index (χ4v) is 1.83. The van der Waals surface area contributed by atoms with Crippen molar-refractivity contribution in [3.8, 4) is 0 Å².